The predicted octanol–water partition coefficient (Wildman–Crippen LogP) is 3.22. The fourth-order valence-corrected chi connectivity index (χ4v) is 2.90. The zero-order chi connectivity index (χ0) is 14.0. The van der Waals surface area contributed by atoms with Crippen LogP contribution in [0.25, 0.3) is 11.5 Å². The summed E-state index contributed by atoms with van der Waals surface area (Å²) in [7, 11) is 0. The number of hydrogen-bond donors (Lipinski definition) is 2. The number of nitrogens with two attached hydrogens (primary N) is 1. The molecule has 0 radical (unpaired) electrons. The monoisotopic (exact) mass is 385 g/mol. The number of rotatable bonds is 3. The van der Waals surface area contributed by atoms with E-state index in [9.17, 15) is 0 Å². The maximum Gasteiger partial charge on any atom is 0.181 e. The van der Waals surface area contributed by atoms with Gasteiger partial charge < -0.3 is 5.43 Å². The minimum atomic E-state index is 0.551. The molecule has 0 bridgehead atoms. The molecule has 0 saturated carbocycles. The Kier molecular flexibility index (Phi) is 4.49. The quantitative estimate of drug-likeness (QED) is 0.625. The molecule has 2 aromatic rings. The van der Waals surface area contributed by atoms with Gasteiger partial charge in [-0.1, -0.05) is 6.92 Å². The smallest absolute Gasteiger partial charge is 0.181 e. The lowest BCUT2D eigenvalue weighted by atomic mass is 10.2. The number of hydrazine groups is 1. The summed E-state index contributed by atoms with van der Waals surface area (Å²) < 4.78 is 1.72. The van der Waals surface area contributed by atoms with Crippen LogP contribution in [0.5, 0.6) is 0 Å². The van der Waals surface area contributed by atoms with Crippen molar-refractivity contribution < 1.29 is 0 Å². The lowest BCUT2D eigenvalue weighted by Gasteiger charge is -2.11. The van der Waals surface area contributed by atoms with Crippen molar-refractivity contribution in [3.8, 4) is 11.5 Å². The Bertz CT molecular complexity index is 590. The van der Waals surface area contributed by atoms with Gasteiger partial charge in [0.25, 0.3) is 0 Å². The fourth-order valence-electron chi connectivity index (χ4n) is 1.73. The molecular weight excluding hydrogens is 374 g/mol. The van der Waals surface area contributed by atoms with Crippen molar-refractivity contribution in [1.29, 1.82) is 0 Å². The highest BCUT2D eigenvalue weighted by Crippen LogP contribution is 2.28. The van der Waals surface area contributed by atoms with Gasteiger partial charge >= 0.3 is 0 Å². The zero-order valence-electron chi connectivity index (χ0n) is 10.5. The third-order valence-electron chi connectivity index (χ3n) is 2.74. The van der Waals surface area contributed by atoms with Crippen molar-refractivity contribution in [2.75, 3.05) is 5.43 Å². The maximum atomic E-state index is 5.50. The number of pyridine rings is 1. The van der Waals surface area contributed by atoms with Gasteiger partial charge in [0.15, 0.2) is 5.82 Å². The van der Waals surface area contributed by atoms with Crippen LogP contribution < -0.4 is 11.3 Å². The van der Waals surface area contributed by atoms with Gasteiger partial charge in [-0.15, -0.1) is 0 Å². The molecule has 0 amide bonds. The SMILES string of the molecule is CCc1nc(-c2ncc(Br)cc2Br)nc(NN)c1C. The summed E-state index contributed by atoms with van der Waals surface area (Å²) in [6.07, 6.45) is 2.52. The van der Waals surface area contributed by atoms with E-state index in [4.69, 9.17) is 5.84 Å². The number of nitrogen functional groups attached to an aromatic ring is 1. The van der Waals surface area contributed by atoms with E-state index in [1.165, 1.54) is 0 Å². The van der Waals surface area contributed by atoms with Gasteiger partial charge in [-0.25, -0.2) is 15.8 Å². The van der Waals surface area contributed by atoms with E-state index in [0.29, 0.717) is 17.3 Å². The van der Waals surface area contributed by atoms with Crippen molar-refractivity contribution >= 4 is 37.7 Å². The van der Waals surface area contributed by atoms with Crippen LogP contribution in [0.1, 0.15) is 18.2 Å². The molecule has 2 heterocycles. The summed E-state index contributed by atoms with van der Waals surface area (Å²) in [5.74, 6) is 6.68. The molecule has 0 unspecified atom stereocenters. The summed E-state index contributed by atoms with van der Waals surface area (Å²) in [6.45, 7) is 3.99. The van der Waals surface area contributed by atoms with Crippen molar-refractivity contribution in [1.82, 2.24) is 15.0 Å². The molecule has 19 heavy (non-hydrogen) atoms. The van der Waals surface area contributed by atoms with E-state index in [-0.39, 0.29) is 0 Å². The third kappa shape index (κ3) is 2.93. The van der Waals surface area contributed by atoms with Crippen molar-refractivity contribution in [2.45, 2.75) is 20.3 Å². The average Bonchev–Trinajstić information content (AvgIpc) is 2.39. The van der Waals surface area contributed by atoms with E-state index < -0.39 is 0 Å². The molecular formula is C12H13Br2N5. The van der Waals surface area contributed by atoms with Gasteiger partial charge in [-0.2, -0.15) is 0 Å². The minimum absolute atomic E-state index is 0.551. The van der Waals surface area contributed by atoms with Gasteiger partial charge in [0.05, 0.1) is 0 Å². The Morgan fingerprint density at radius 2 is 2.05 bits per heavy atom. The zero-order valence-corrected chi connectivity index (χ0v) is 13.7. The molecule has 0 aliphatic rings. The van der Waals surface area contributed by atoms with Crippen molar-refractivity contribution in [3.05, 3.63) is 32.5 Å². The van der Waals surface area contributed by atoms with Gasteiger partial charge in [0.2, 0.25) is 0 Å². The van der Waals surface area contributed by atoms with Crippen LogP contribution in [0.15, 0.2) is 21.2 Å². The lowest BCUT2D eigenvalue weighted by molar-refractivity contribution is 0.966. The lowest BCUT2D eigenvalue weighted by Crippen LogP contribution is -2.13. The van der Waals surface area contributed by atoms with Crippen LogP contribution >= 0.6 is 31.9 Å². The van der Waals surface area contributed by atoms with Gasteiger partial charge in [0.1, 0.15) is 11.5 Å². The fraction of sp³-hybridized carbons (Fsp3) is 0.250. The molecule has 0 spiro atoms. The van der Waals surface area contributed by atoms with Crippen molar-refractivity contribution in [2.24, 2.45) is 5.84 Å². The van der Waals surface area contributed by atoms with Gasteiger partial charge in [0, 0.05) is 26.4 Å². The number of nitrogens with one attached hydrogen (secondary N) is 1. The molecule has 5 nitrogen and oxygen atoms in total. The Labute approximate surface area is 128 Å². The molecule has 7 heteroatoms. The molecule has 2 rings (SSSR count). The number of halogens is 2. The maximum absolute atomic E-state index is 5.50. The number of aryl methyl sites for hydroxylation is 1. The summed E-state index contributed by atoms with van der Waals surface area (Å²) in [6, 6.07) is 1.91. The molecule has 0 saturated heterocycles. The highest BCUT2D eigenvalue weighted by atomic mass is 79.9. The first-order valence-electron chi connectivity index (χ1n) is 5.72. The Morgan fingerprint density at radius 3 is 2.63 bits per heavy atom. The molecule has 3 N–H and O–H groups in total. The second kappa shape index (κ2) is 5.94. The number of nitrogens with zero attached hydrogens (tertiary/aromatic N) is 3. The highest BCUT2D eigenvalue weighted by Gasteiger charge is 2.14. The first-order chi connectivity index (χ1) is 9.06. The Morgan fingerprint density at radius 1 is 1.32 bits per heavy atom. The van der Waals surface area contributed by atoms with Crippen molar-refractivity contribution in [3.63, 3.8) is 0 Å². The van der Waals surface area contributed by atoms with Gasteiger partial charge in [-0.3, -0.25) is 4.98 Å². The molecule has 0 aliphatic heterocycles. The molecule has 2 aromatic heterocycles. The van der Waals surface area contributed by atoms with Crippen LogP contribution in [-0.4, -0.2) is 15.0 Å². The Hall–Kier alpha value is -1.05. The van der Waals surface area contributed by atoms with E-state index in [1.54, 1.807) is 6.20 Å². The molecule has 100 valence electrons. The number of aromatic nitrogens is 3. The van der Waals surface area contributed by atoms with Crippen LogP contribution in [0, 0.1) is 6.92 Å². The predicted molar refractivity (Wildman–Crippen MR) is 82.6 cm³/mol. The average molecular weight is 387 g/mol. The normalized spacial score (nSPS) is 10.6. The summed E-state index contributed by atoms with van der Waals surface area (Å²) in [5, 5.41) is 0. The second-order valence-corrected chi connectivity index (χ2v) is 5.72. The number of hydrogen-bond acceptors (Lipinski definition) is 5. The third-order valence-corrected chi connectivity index (χ3v) is 3.78. The number of anilines is 1. The van der Waals surface area contributed by atoms with E-state index in [0.717, 1.165) is 26.6 Å². The summed E-state index contributed by atoms with van der Waals surface area (Å²) in [5.41, 5.74) is 5.21. The van der Waals surface area contributed by atoms with Crippen LogP contribution in [0.3, 0.4) is 0 Å². The first-order valence-corrected chi connectivity index (χ1v) is 7.31. The van der Waals surface area contributed by atoms with E-state index in [2.05, 4.69) is 52.2 Å². The minimum Gasteiger partial charge on any atom is -0.308 e. The highest BCUT2D eigenvalue weighted by molar-refractivity contribution is 9.11. The molecule has 0 aromatic carbocycles. The Balaban J connectivity index is 2.62. The van der Waals surface area contributed by atoms with Crippen LogP contribution in [0.2, 0.25) is 0 Å². The largest absolute Gasteiger partial charge is 0.308 e. The molecule has 0 fully saturated rings. The van der Waals surface area contributed by atoms with Gasteiger partial charge in [-0.05, 0) is 51.3 Å². The second-order valence-electron chi connectivity index (χ2n) is 3.95. The van der Waals surface area contributed by atoms with E-state index >= 15 is 0 Å². The summed E-state index contributed by atoms with van der Waals surface area (Å²) >= 11 is 6.84. The standard InChI is InChI=1S/C12H13Br2N5/c1-3-9-6(2)11(19-15)18-12(17-9)10-8(14)4-7(13)5-16-10/h4-5H,3,15H2,1-2H3,(H,17,18,19). The topological polar surface area (TPSA) is 76.7 Å². The molecule has 0 atom stereocenters. The first kappa shape index (κ1) is 14.4. The van der Waals surface area contributed by atoms with Crippen LogP contribution in [-0.2, 0) is 6.42 Å². The van der Waals surface area contributed by atoms with E-state index in [1.807, 2.05) is 19.9 Å². The van der Waals surface area contributed by atoms with Crippen LogP contribution in [0.4, 0.5) is 5.82 Å². The molecule has 0 aliphatic carbocycles. The summed E-state index contributed by atoms with van der Waals surface area (Å²) in [4.78, 5) is 13.3.